The minimum Gasteiger partial charge on any atom is -0.369 e. The number of hydrogen-bond donors (Lipinski definition) is 1. The maximum Gasteiger partial charge on any atom is 0.179 e. The monoisotopic (exact) mass is 333 g/mol. The Morgan fingerprint density at radius 1 is 0.960 bits per heavy atom. The average Bonchev–Trinajstić information content (AvgIpc) is 2.99. The lowest BCUT2D eigenvalue weighted by molar-refractivity contribution is 0.0927. The molecule has 1 aromatic heterocycles. The van der Waals surface area contributed by atoms with Crippen molar-refractivity contribution in [2.45, 2.75) is 6.92 Å². The van der Waals surface area contributed by atoms with Gasteiger partial charge in [0.25, 0.3) is 0 Å². The number of fused-ring (bicyclic) bond motifs is 1. The number of ketones is 1. The molecule has 25 heavy (non-hydrogen) atoms. The van der Waals surface area contributed by atoms with Crippen LogP contribution in [0.3, 0.4) is 0 Å². The van der Waals surface area contributed by atoms with Crippen LogP contribution in [0, 0.1) is 6.92 Å². The van der Waals surface area contributed by atoms with E-state index in [9.17, 15) is 4.79 Å². The molecule has 1 aliphatic heterocycles. The van der Waals surface area contributed by atoms with Crippen molar-refractivity contribution in [2.24, 2.45) is 0 Å². The van der Waals surface area contributed by atoms with Crippen LogP contribution in [0.25, 0.3) is 10.9 Å². The number of nitrogens with zero attached hydrogens (tertiary/aromatic N) is 2. The Hall–Kier alpha value is -2.59. The minimum atomic E-state index is 0.211. The summed E-state index contributed by atoms with van der Waals surface area (Å²) in [5.41, 5.74) is 4.12. The lowest BCUT2D eigenvalue weighted by atomic mass is 10.1. The van der Waals surface area contributed by atoms with E-state index in [1.165, 1.54) is 5.69 Å². The van der Waals surface area contributed by atoms with Crippen molar-refractivity contribution in [3.05, 3.63) is 65.9 Å². The number of aromatic amines is 1. The third-order valence-corrected chi connectivity index (χ3v) is 5.03. The van der Waals surface area contributed by atoms with Crippen molar-refractivity contribution in [1.29, 1.82) is 0 Å². The third-order valence-electron chi connectivity index (χ3n) is 5.03. The van der Waals surface area contributed by atoms with Crippen molar-refractivity contribution < 1.29 is 4.79 Å². The van der Waals surface area contributed by atoms with Crippen molar-refractivity contribution >= 4 is 22.4 Å². The van der Waals surface area contributed by atoms with Crippen molar-refractivity contribution in [2.75, 3.05) is 37.6 Å². The summed E-state index contributed by atoms with van der Waals surface area (Å²) in [5.74, 6) is 0.211. The highest BCUT2D eigenvalue weighted by molar-refractivity contribution is 6.10. The quantitative estimate of drug-likeness (QED) is 0.743. The van der Waals surface area contributed by atoms with Gasteiger partial charge >= 0.3 is 0 Å². The molecule has 4 heteroatoms. The lowest BCUT2D eigenvalue weighted by Gasteiger charge is -2.35. The van der Waals surface area contributed by atoms with Gasteiger partial charge in [-0.2, -0.15) is 0 Å². The molecule has 1 aliphatic rings. The first kappa shape index (κ1) is 15.9. The van der Waals surface area contributed by atoms with Crippen LogP contribution < -0.4 is 4.90 Å². The summed E-state index contributed by atoms with van der Waals surface area (Å²) in [6.07, 6.45) is 0. The number of carbonyl (C=O) groups is 1. The van der Waals surface area contributed by atoms with E-state index < -0.39 is 0 Å². The molecule has 0 aliphatic carbocycles. The molecule has 2 aromatic carbocycles. The second-order valence-corrected chi connectivity index (χ2v) is 6.69. The summed E-state index contributed by atoms with van der Waals surface area (Å²) in [6, 6.07) is 18.5. The molecule has 0 saturated carbocycles. The van der Waals surface area contributed by atoms with Crippen LogP contribution in [0.5, 0.6) is 0 Å². The molecule has 1 saturated heterocycles. The molecule has 0 radical (unpaired) electrons. The Bertz CT molecular complexity index is 877. The molecule has 2 heterocycles. The molecule has 4 rings (SSSR count). The highest BCUT2D eigenvalue weighted by Crippen LogP contribution is 2.23. The second-order valence-electron chi connectivity index (χ2n) is 6.69. The molecule has 0 unspecified atom stereocenters. The molecule has 128 valence electrons. The Morgan fingerprint density at radius 3 is 2.40 bits per heavy atom. The standard InChI is InChI=1S/C21H23N3O/c1-16-21(18-9-5-6-10-19(18)22-16)20(25)15-23-11-13-24(14-12-23)17-7-3-2-4-8-17/h2-10,22H,11-15H2,1H3. The van der Waals surface area contributed by atoms with E-state index in [1.54, 1.807) is 0 Å². The SMILES string of the molecule is Cc1[nH]c2ccccc2c1C(=O)CN1CCN(c2ccccc2)CC1. The number of aryl methyl sites for hydroxylation is 1. The number of nitrogens with one attached hydrogen (secondary N) is 1. The first-order valence-electron chi connectivity index (χ1n) is 8.85. The number of H-pyrrole nitrogens is 1. The largest absolute Gasteiger partial charge is 0.369 e. The van der Waals surface area contributed by atoms with Crippen LogP contribution in [0.15, 0.2) is 54.6 Å². The molecule has 0 spiro atoms. The van der Waals surface area contributed by atoms with E-state index >= 15 is 0 Å². The summed E-state index contributed by atoms with van der Waals surface area (Å²) >= 11 is 0. The van der Waals surface area contributed by atoms with E-state index in [1.807, 2.05) is 37.3 Å². The predicted molar refractivity (Wildman–Crippen MR) is 102 cm³/mol. The van der Waals surface area contributed by atoms with E-state index in [0.717, 1.165) is 48.3 Å². The van der Waals surface area contributed by atoms with Crippen LogP contribution in [0.4, 0.5) is 5.69 Å². The molecule has 4 nitrogen and oxygen atoms in total. The maximum absolute atomic E-state index is 12.9. The normalized spacial score (nSPS) is 15.6. The van der Waals surface area contributed by atoms with Crippen LogP contribution in [0.1, 0.15) is 16.1 Å². The van der Waals surface area contributed by atoms with Crippen LogP contribution in [0.2, 0.25) is 0 Å². The molecule has 0 atom stereocenters. The van der Waals surface area contributed by atoms with Crippen LogP contribution in [-0.2, 0) is 0 Å². The van der Waals surface area contributed by atoms with Gasteiger partial charge in [-0.1, -0.05) is 36.4 Å². The fourth-order valence-electron chi connectivity index (χ4n) is 3.72. The summed E-state index contributed by atoms with van der Waals surface area (Å²) < 4.78 is 0. The average molecular weight is 333 g/mol. The number of rotatable bonds is 4. The van der Waals surface area contributed by atoms with Gasteiger partial charge in [0.2, 0.25) is 0 Å². The van der Waals surface area contributed by atoms with Gasteiger partial charge in [-0.05, 0) is 25.1 Å². The zero-order valence-electron chi connectivity index (χ0n) is 14.5. The van der Waals surface area contributed by atoms with Crippen molar-refractivity contribution in [3.63, 3.8) is 0 Å². The topological polar surface area (TPSA) is 39.3 Å². The first-order valence-corrected chi connectivity index (χ1v) is 8.85. The van der Waals surface area contributed by atoms with Crippen molar-refractivity contribution in [1.82, 2.24) is 9.88 Å². The van der Waals surface area contributed by atoms with Gasteiger partial charge in [0.1, 0.15) is 0 Å². The van der Waals surface area contributed by atoms with Gasteiger partial charge in [0.05, 0.1) is 6.54 Å². The minimum absolute atomic E-state index is 0.211. The van der Waals surface area contributed by atoms with Gasteiger partial charge in [0.15, 0.2) is 5.78 Å². The Morgan fingerprint density at radius 2 is 1.64 bits per heavy atom. The Kier molecular flexibility index (Phi) is 4.28. The number of carbonyl (C=O) groups excluding carboxylic acids is 1. The zero-order chi connectivity index (χ0) is 17.2. The number of benzene rings is 2. The van der Waals surface area contributed by atoms with E-state index in [4.69, 9.17) is 0 Å². The second kappa shape index (κ2) is 6.73. The molecule has 0 bridgehead atoms. The highest BCUT2D eigenvalue weighted by atomic mass is 16.1. The fourth-order valence-corrected chi connectivity index (χ4v) is 3.72. The van der Waals surface area contributed by atoms with E-state index in [-0.39, 0.29) is 5.78 Å². The lowest BCUT2D eigenvalue weighted by Crippen LogP contribution is -2.48. The third kappa shape index (κ3) is 3.17. The predicted octanol–water partition coefficient (Wildman–Crippen LogP) is 3.48. The number of hydrogen-bond acceptors (Lipinski definition) is 3. The molecular weight excluding hydrogens is 310 g/mol. The number of Topliss-reactive ketones (excluding diaryl/α,β-unsaturated/α-hetero) is 1. The number of aromatic nitrogens is 1. The summed E-state index contributed by atoms with van der Waals surface area (Å²) in [6.45, 7) is 6.24. The molecule has 1 N–H and O–H groups in total. The van der Waals surface area contributed by atoms with E-state index in [0.29, 0.717) is 6.54 Å². The number of piperazine rings is 1. The zero-order valence-corrected chi connectivity index (χ0v) is 14.5. The van der Waals surface area contributed by atoms with Gasteiger partial charge < -0.3 is 9.88 Å². The van der Waals surface area contributed by atoms with Gasteiger partial charge in [-0.15, -0.1) is 0 Å². The Balaban J connectivity index is 1.43. The fraction of sp³-hybridized carbons (Fsp3) is 0.286. The van der Waals surface area contributed by atoms with Gasteiger partial charge in [0, 0.05) is 54.0 Å². The molecule has 1 fully saturated rings. The molecule has 0 amide bonds. The molecular formula is C21H23N3O. The highest BCUT2D eigenvalue weighted by Gasteiger charge is 2.22. The smallest absolute Gasteiger partial charge is 0.179 e. The maximum atomic E-state index is 12.9. The summed E-state index contributed by atoms with van der Waals surface area (Å²) in [5, 5.41) is 1.04. The van der Waals surface area contributed by atoms with Crippen molar-refractivity contribution in [3.8, 4) is 0 Å². The Labute approximate surface area is 148 Å². The van der Waals surface area contributed by atoms with Gasteiger partial charge in [-0.25, -0.2) is 0 Å². The summed E-state index contributed by atoms with van der Waals surface area (Å²) in [7, 11) is 0. The van der Waals surface area contributed by atoms with Crippen LogP contribution in [-0.4, -0.2) is 48.4 Å². The van der Waals surface area contributed by atoms with Crippen LogP contribution >= 0.6 is 0 Å². The van der Waals surface area contributed by atoms with E-state index in [2.05, 4.69) is 39.0 Å². The number of anilines is 1. The summed E-state index contributed by atoms with van der Waals surface area (Å²) in [4.78, 5) is 20.9. The van der Waals surface area contributed by atoms with Gasteiger partial charge in [-0.3, -0.25) is 9.69 Å². The number of para-hydroxylation sites is 2. The first-order chi connectivity index (χ1) is 12.2. The molecule has 3 aromatic rings.